The number of nitrogens with two attached hydrogens (primary N) is 1. The van der Waals surface area contributed by atoms with Crippen LogP contribution < -0.4 is 5.73 Å². The second-order valence-electron chi connectivity index (χ2n) is 2.90. The maximum Gasteiger partial charge on any atom is 0.0992 e. The standard InChI is InChI=1S/C6H12Cl2N2.Pt/c7-10(8)6(9)4-2-1-3-5-6;/h1-5,9H2;. The molecule has 0 atom stereocenters. The van der Waals surface area contributed by atoms with Crippen LogP contribution in [0.1, 0.15) is 32.1 Å². The Bertz CT molecular complexity index is 115. The quantitative estimate of drug-likeness (QED) is 0.560. The summed E-state index contributed by atoms with van der Waals surface area (Å²) in [5.41, 5.74) is 5.41. The maximum atomic E-state index is 5.86. The van der Waals surface area contributed by atoms with E-state index in [1.165, 1.54) is 6.42 Å². The van der Waals surface area contributed by atoms with E-state index in [1.54, 1.807) is 0 Å². The van der Waals surface area contributed by atoms with E-state index in [2.05, 4.69) is 0 Å². The van der Waals surface area contributed by atoms with Crippen molar-refractivity contribution in [1.29, 1.82) is 0 Å². The van der Waals surface area contributed by atoms with Crippen molar-refractivity contribution in [3.8, 4) is 0 Å². The predicted octanol–water partition coefficient (Wildman–Crippen LogP) is 2.21. The maximum absolute atomic E-state index is 5.86. The SMILES string of the molecule is NC1(N(Cl)Cl)CCCCC1.[Pt]. The molecule has 0 spiro atoms. The van der Waals surface area contributed by atoms with Gasteiger partial charge in [-0.15, -0.1) is 3.94 Å². The Kier molecular flexibility index (Phi) is 5.58. The largest absolute Gasteiger partial charge is 0.311 e. The molecule has 11 heavy (non-hydrogen) atoms. The summed E-state index contributed by atoms with van der Waals surface area (Å²) in [5, 5.41) is 0. The van der Waals surface area contributed by atoms with Gasteiger partial charge in [0, 0.05) is 21.1 Å². The van der Waals surface area contributed by atoms with Crippen molar-refractivity contribution < 1.29 is 21.1 Å². The van der Waals surface area contributed by atoms with Gasteiger partial charge in [-0.1, -0.05) is 19.3 Å². The zero-order valence-electron chi connectivity index (χ0n) is 6.13. The van der Waals surface area contributed by atoms with Crippen LogP contribution in [0.4, 0.5) is 0 Å². The van der Waals surface area contributed by atoms with E-state index in [0.29, 0.717) is 0 Å². The third-order valence-corrected chi connectivity index (χ3v) is 2.73. The van der Waals surface area contributed by atoms with E-state index in [-0.39, 0.29) is 21.1 Å². The first kappa shape index (κ1) is 12.2. The zero-order valence-corrected chi connectivity index (χ0v) is 9.92. The van der Waals surface area contributed by atoms with Crippen molar-refractivity contribution in [1.82, 2.24) is 3.94 Å². The first-order valence-corrected chi connectivity index (χ1v) is 4.23. The number of nitrogens with zero attached hydrogens (tertiary/aromatic N) is 1. The van der Waals surface area contributed by atoms with Gasteiger partial charge < -0.3 is 5.73 Å². The minimum absolute atomic E-state index is 0. The Hall–Kier alpha value is 1.19. The third-order valence-electron chi connectivity index (χ3n) is 2.06. The fraction of sp³-hybridized carbons (Fsp3) is 1.00. The van der Waals surface area contributed by atoms with Crippen molar-refractivity contribution in [2.75, 3.05) is 0 Å². The minimum atomic E-state index is -0.457. The van der Waals surface area contributed by atoms with Gasteiger partial charge in [0.25, 0.3) is 0 Å². The van der Waals surface area contributed by atoms with E-state index < -0.39 is 5.66 Å². The van der Waals surface area contributed by atoms with Gasteiger partial charge in [0.15, 0.2) is 0 Å². The van der Waals surface area contributed by atoms with E-state index in [0.717, 1.165) is 29.6 Å². The summed E-state index contributed by atoms with van der Waals surface area (Å²) in [7, 11) is 0. The molecule has 70 valence electrons. The zero-order chi connectivity index (χ0) is 7.61. The van der Waals surface area contributed by atoms with Gasteiger partial charge in [-0.25, -0.2) is 0 Å². The van der Waals surface area contributed by atoms with E-state index in [4.69, 9.17) is 29.3 Å². The molecule has 1 aliphatic carbocycles. The topological polar surface area (TPSA) is 29.3 Å². The van der Waals surface area contributed by atoms with Crippen LogP contribution in [0.5, 0.6) is 0 Å². The number of hydrogen-bond acceptors (Lipinski definition) is 2. The molecule has 0 radical (unpaired) electrons. The molecule has 1 fully saturated rings. The summed E-state index contributed by atoms with van der Waals surface area (Å²) in [4.78, 5) is 0. The molecule has 1 saturated carbocycles. The van der Waals surface area contributed by atoms with Crippen LogP contribution in [0.25, 0.3) is 0 Å². The average Bonchev–Trinajstić information content (AvgIpc) is 1.89. The molecule has 0 unspecified atom stereocenters. The number of rotatable bonds is 1. The molecule has 0 heterocycles. The van der Waals surface area contributed by atoms with Gasteiger partial charge in [-0.05, 0) is 36.4 Å². The van der Waals surface area contributed by atoms with Crippen molar-refractivity contribution >= 4 is 23.6 Å². The smallest absolute Gasteiger partial charge is 0.0992 e. The van der Waals surface area contributed by atoms with Gasteiger partial charge in [-0.2, -0.15) is 0 Å². The summed E-state index contributed by atoms with van der Waals surface area (Å²) in [5.74, 6) is 0. The van der Waals surface area contributed by atoms with Crippen LogP contribution in [-0.2, 0) is 21.1 Å². The predicted molar refractivity (Wildman–Crippen MR) is 43.5 cm³/mol. The Balaban J connectivity index is 0.000001000. The molecule has 0 aromatic carbocycles. The monoisotopic (exact) mass is 377 g/mol. The van der Waals surface area contributed by atoms with Crippen molar-refractivity contribution in [2.24, 2.45) is 5.73 Å². The Morgan fingerprint density at radius 1 is 1.09 bits per heavy atom. The molecule has 1 rings (SSSR count). The number of hydrogen-bond donors (Lipinski definition) is 1. The molecule has 5 heteroatoms. The molecule has 2 nitrogen and oxygen atoms in total. The molecule has 0 bridgehead atoms. The summed E-state index contributed by atoms with van der Waals surface area (Å²) in [6.07, 6.45) is 5.32. The fourth-order valence-corrected chi connectivity index (χ4v) is 1.67. The Morgan fingerprint density at radius 2 is 1.55 bits per heavy atom. The van der Waals surface area contributed by atoms with Crippen LogP contribution in [0.2, 0.25) is 0 Å². The van der Waals surface area contributed by atoms with Gasteiger partial charge in [0.1, 0.15) is 0 Å². The Morgan fingerprint density at radius 3 is 1.82 bits per heavy atom. The number of halogens is 2. The van der Waals surface area contributed by atoms with E-state index in [1.807, 2.05) is 0 Å². The normalized spacial score (nSPS) is 22.9. The van der Waals surface area contributed by atoms with Crippen LogP contribution in [0.3, 0.4) is 0 Å². The van der Waals surface area contributed by atoms with Crippen LogP contribution in [-0.4, -0.2) is 9.60 Å². The molecule has 1 aliphatic rings. The average molecular weight is 378 g/mol. The summed E-state index contributed by atoms with van der Waals surface area (Å²) < 4.78 is 1.10. The molecule has 0 aromatic rings. The summed E-state index contributed by atoms with van der Waals surface area (Å²) >= 11 is 11.1. The van der Waals surface area contributed by atoms with Gasteiger partial charge in [0.2, 0.25) is 0 Å². The second-order valence-corrected chi connectivity index (χ2v) is 3.75. The van der Waals surface area contributed by atoms with E-state index >= 15 is 0 Å². The van der Waals surface area contributed by atoms with E-state index in [9.17, 15) is 0 Å². The molecule has 0 amide bonds. The first-order chi connectivity index (χ1) is 4.65. The molecule has 0 saturated heterocycles. The third kappa shape index (κ3) is 3.20. The van der Waals surface area contributed by atoms with Crippen molar-refractivity contribution in [2.45, 2.75) is 37.8 Å². The first-order valence-electron chi connectivity index (χ1n) is 3.56. The molecule has 2 N–H and O–H groups in total. The van der Waals surface area contributed by atoms with Crippen LogP contribution >= 0.6 is 23.6 Å². The van der Waals surface area contributed by atoms with Gasteiger partial charge in [0.05, 0.1) is 5.66 Å². The molecular weight excluding hydrogens is 366 g/mol. The Labute approximate surface area is 91.9 Å². The van der Waals surface area contributed by atoms with Crippen LogP contribution in [0.15, 0.2) is 0 Å². The van der Waals surface area contributed by atoms with Gasteiger partial charge in [-0.3, -0.25) is 0 Å². The van der Waals surface area contributed by atoms with Crippen molar-refractivity contribution in [3.63, 3.8) is 0 Å². The van der Waals surface area contributed by atoms with Gasteiger partial charge >= 0.3 is 0 Å². The second kappa shape index (κ2) is 5.03. The molecule has 0 aromatic heterocycles. The fourth-order valence-electron chi connectivity index (χ4n) is 1.33. The van der Waals surface area contributed by atoms with Crippen molar-refractivity contribution in [3.05, 3.63) is 0 Å². The summed E-state index contributed by atoms with van der Waals surface area (Å²) in [6, 6.07) is 0. The molecular formula is C6H12Cl2N2Pt. The summed E-state index contributed by atoms with van der Waals surface area (Å²) in [6.45, 7) is 0. The minimum Gasteiger partial charge on any atom is -0.311 e. The molecule has 0 aliphatic heterocycles. The van der Waals surface area contributed by atoms with Crippen LogP contribution in [0, 0.1) is 0 Å².